The number of pyridine rings is 1. The van der Waals surface area contributed by atoms with Gasteiger partial charge in [0.05, 0.1) is 29.6 Å². The largest absolute Gasteiger partial charge is 0.459 e. The van der Waals surface area contributed by atoms with Crippen LogP contribution in [0.25, 0.3) is 10.7 Å². The predicted molar refractivity (Wildman–Crippen MR) is 189 cm³/mol. The number of anilines is 1. The maximum absolute atomic E-state index is 15.2. The summed E-state index contributed by atoms with van der Waals surface area (Å²) >= 11 is 0.923. The highest BCUT2D eigenvalue weighted by Gasteiger charge is 2.35. The quantitative estimate of drug-likeness (QED) is 0.100. The third-order valence-corrected chi connectivity index (χ3v) is 12.2. The third-order valence-electron chi connectivity index (χ3n) is 8.73. The standard InChI is InChI=1S/C36H34F4N6O6S2/c1-2-51-36(48)35-44-34(45-52-35)31-10-11-33(53-31)54(49,50)46-13-12-41-18-26(46)4-3-5-27-29(40)19-42-20-30(27)43-32(47)17-28(21-6-8-23(37)9-7-21)22-14-24(38)16-25(39)15-22/h6-11,14-16,19-20,26,28,41H,2-5,12-13,17-18H2,1H3,(H,43,47)/t26-,28-/m0/s1. The molecule has 5 aromatic rings. The lowest BCUT2D eigenvalue weighted by atomic mass is 9.88. The highest BCUT2D eigenvalue weighted by molar-refractivity contribution is 7.91. The van der Waals surface area contributed by atoms with Crippen LogP contribution in [0.5, 0.6) is 0 Å². The predicted octanol–water partition coefficient (Wildman–Crippen LogP) is 6.07. The number of piperazine rings is 1. The minimum atomic E-state index is -3.98. The van der Waals surface area contributed by atoms with E-state index in [0.717, 1.165) is 29.7 Å². The van der Waals surface area contributed by atoms with Gasteiger partial charge in [-0.25, -0.2) is 30.8 Å². The van der Waals surface area contributed by atoms with Gasteiger partial charge < -0.3 is 19.9 Å². The van der Waals surface area contributed by atoms with Crippen LogP contribution in [0.2, 0.25) is 0 Å². The van der Waals surface area contributed by atoms with E-state index in [1.165, 1.54) is 46.9 Å². The van der Waals surface area contributed by atoms with Crippen molar-refractivity contribution in [1.29, 1.82) is 0 Å². The van der Waals surface area contributed by atoms with Crippen LogP contribution in [0, 0.1) is 23.3 Å². The number of amides is 1. The summed E-state index contributed by atoms with van der Waals surface area (Å²) < 4.78 is 96.2. The molecule has 1 amide bonds. The van der Waals surface area contributed by atoms with E-state index in [1.807, 2.05) is 0 Å². The second kappa shape index (κ2) is 17.0. The highest BCUT2D eigenvalue weighted by Crippen LogP contribution is 2.34. The van der Waals surface area contributed by atoms with Gasteiger partial charge in [-0.1, -0.05) is 17.3 Å². The van der Waals surface area contributed by atoms with Crippen LogP contribution in [-0.2, 0) is 26.0 Å². The van der Waals surface area contributed by atoms with E-state index in [0.29, 0.717) is 42.4 Å². The highest BCUT2D eigenvalue weighted by atomic mass is 32.2. The number of sulfonamides is 1. The molecule has 12 nitrogen and oxygen atoms in total. The average molecular weight is 787 g/mol. The van der Waals surface area contributed by atoms with Crippen molar-refractivity contribution in [3.05, 3.63) is 113 Å². The number of ether oxygens (including phenoxy) is 1. The second-order valence-corrected chi connectivity index (χ2v) is 15.5. The molecule has 0 spiro atoms. The Kier molecular flexibility index (Phi) is 12.2. The summed E-state index contributed by atoms with van der Waals surface area (Å²) in [7, 11) is -3.98. The number of carbonyl (C=O) groups excluding carboxylic acids is 2. The normalized spacial score (nSPS) is 15.5. The lowest BCUT2D eigenvalue weighted by Crippen LogP contribution is -2.53. The van der Waals surface area contributed by atoms with E-state index in [-0.39, 0.29) is 58.7 Å². The fourth-order valence-corrected chi connectivity index (χ4v) is 9.24. The van der Waals surface area contributed by atoms with Gasteiger partial charge in [0.15, 0.2) is 0 Å². The number of halogens is 4. The Balaban J connectivity index is 1.13. The molecule has 2 N–H and O–H groups in total. The van der Waals surface area contributed by atoms with Gasteiger partial charge in [0, 0.05) is 49.6 Å². The van der Waals surface area contributed by atoms with Crippen LogP contribution < -0.4 is 10.6 Å². The number of nitrogens with one attached hydrogen (secondary N) is 2. The first-order chi connectivity index (χ1) is 25.9. The van der Waals surface area contributed by atoms with Gasteiger partial charge in [0.1, 0.15) is 27.5 Å². The topological polar surface area (TPSA) is 157 Å². The Labute approximate surface area is 311 Å². The zero-order valence-corrected chi connectivity index (χ0v) is 30.4. The van der Waals surface area contributed by atoms with E-state index in [1.54, 1.807) is 6.92 Å². The molecular weight excluding hydrogens is 753 g/mol. The number of esters is 1. The smallest absolute Gasteiger partial charge is 0.397 e. The molecule has 4 heterocycles. The maximum Gasteiger partial charge on any atom is 0.397 e. The van der Waals surface area contributed by atoms with Crippen molar-refractivity contribution in [1.82, 2.24) is 24.7 Å². The van der Waals surface area contributed by atoms with E-state index in [9.17, 15) is 31.2 Å². The van der Waals surface area contributed by atoms with Crippen LogP contribution in [-0.4, -0.2) is 72.0 Å². The minimum absolute atomic E-state index is 0.0389. The number of hydrogen-bond acceptors (Lipinski definition) is 11. The van der Waals surface area contributed by atoms with E-state index in [2.05, 4.69) is 25.8 Å². The molecule has 1 aliphatic heterocycles. The van der Waals surface area contributed by atoms with Crippen LogP contribution in [0.4, 0.5) is 23.2 Å². The summed E-state index contributed by atoms with van der Waals surface area (Å²) in [6.45, 7) is 2.69. The summed E-state index contributed by atoms with van der Waals surface area (Å²) in [5.74, 6) is -5.47. The average Bonchev–Trinajstić information content (AvgIpc) is 3.84. The number of hydrogen-bond donors (Lipinski definition) is 2. The van der Waals surface area contributed by atoms with Crippen LogP contribution in [0.3, 0.4) is 0 Å². The molecule has 54 heavy (non-hydrogen) atoms. The van der Waals surface area contributed by atoms with Crippen LogP contribution in [0.1, 0.15) is 59.5 Å². The van der Waals surface area contributed by atoms with Gasteiger partial charge in [-0.15, -0.1) is 11.3 Å². The van der Waals surface area contributed by atoms with Crippen LogP contribution in [0.15, 0.2) is 75.7 Å². The van der Waals surface area contributed by atoms with Crippen LogP contribution >= 0.6 is 11.3 Å². The number of thiophene rings is 1. The van der Waals surface area contributed by atoms with Crippen molar-refractivity contribution in [3.63, 3.8) is 0 Å². The van der Waals surface area contributed by atoms with E-state index < -0.39 is 57.1 Å². The molecule has 0 radical (unpaired) electrons. The molecule has 0 bridgehead atoms. The monoisotopic (exact) mass is 786 g/mol. The lowest BCUT2D eigenvalue weighted by Gasteiger charge is -2.35. The summed E-state index contributed by atoms with van der Waals surface area (Å²) in [4.78, 5) is 33.6. The Morgan fingerprint density at radius 1 is 1.04 bits per heavy atom. The molecule has 0 saturated carbocycles. The summed E-state index contributed by atoms with van der Waals surface area (Å²) in [5, 5.41) is 9.65. The van der Waals surface area contributed by atoms with Crippen molar-refractivity contribution < 1.29 is 44.8 Å². The summed E-state index contributed by atoms with van der Waals surface area (Å²) in [6, 6.07) is 10.6. The van der Waals surface area contributed by atoms with Gasteiger partial charge in [-0.3, -0.25) is 9.78 Å². The second-order valence-electron chi connectivity index (χ2n) is 12.3. The van der Waals surface area contributed by atoms with Crippen molar-refractivity contribution in [2.45, 2.75) is 48.8 Å². The summed E-state index contributed by atoms with van der Waals surface area (Å²) in [6.07, 6.45) is 2.78. The minimum Gasteiger partial charge on any atom is -0.459 e. The molecule has 1 fully saturated rings. The first-order valence-electron chi connectivity index (χ1n) is 16.9. The summed E-state index contributed by atoms with van der Waals surface area (Å²) in [5.41, 5.74) is 0.834. The molecule has 1 saturated heterocycles. The van der Waals surface area contributed by atoms with Gasteiger partial charge in [0.2, 0.25) is 11.7 Å². The molecule has 2 atom stereocenters. The third kappa shape index (κ3) is 9.00. The Bertz CT molecular complexity index is 2210. The number of carbonyl (C=O) groups is 2. The SMILES string of the molecule is CCOC(=O)c1nc(-c2ccc(S(=O)(=O)N3CCNC[C@@H]3CCCc3c(F)cncc3NC(=O)C[C@@H](c3ccc(F)cc3)c3cc(F)cc(F)c3)s2)no1. The number of nitrogens with zero attached hydrogens (tertiary/aromatic N) is 4. The van der Waals surface area contributed by atoms with Gasteiger partial charge in [-0.2, -0.15) is 9.29 Å². The number of aromatic nitrogens is 3. The Morgan fingerprint density at radius 2 is 1.80 bits per heavy atom. The first kappa shape index (κ1) is 38.7. The number of rotatable bonds is 14. The Morgan fingerprint density at radius 3 is 2.54 bits per heavy atom. The molecule has 18 heteroatoms. The number of benzene rings is 2. The van der Waals surface area contributed by atoms with Gasteiger partial charge in [-0.05, 0) is 73.7 Å². The van der Waals surface area contributed by atoms with Crippen molar-refractivity contribution >= 4 is 38.9 Å². The molecule has 0 unspecified atom stereocenters. The lowest BCUT2D eigenvalue weighted by molar-refractivity contribution is -0.116. The fourth-order valence-electron chi connectivity index (χ4n) is 6.22. The molecular formula is C36H34F4N6O6S2. The van der Waals surface area contributed by atoms with Crippen molar-refractivity contribution in [2.75, 3.05) is 31.6 Å². The van der Waals surface area contributed by atoms with Crippen molar-refractivity contribution in [3.8, 4) is 10.7 Å². The van der Waals surface area contributed by atoms with Crippen molar-refractivity contribution in [2.24, 2.45) is 0 Å². The zero-order chi connectivity index (χ0) is 38.4. The molecule has 1 aliphatic rings. The first-order valence-corrected chi connectivity index (χ1v) is 19.2. The fraction of sp³-hybridized carbons (Fsp3) is 0.306. The molecule has 2 aromatic carbocycles. The zero-order valence-electron chi connectivity index (χ0n) is 28.7. The van der Waals surface area contributed by atoms with E-state index >= 15 is 4.39 Å². The van der Waals surface area contributed by atoms with Gasteiger partial charge >= 0.3 is 11.9 Å². The maximum atomic E-state index is 15.2. The molecule has 0 aliphatic carbocycles. The van der Waals surface area contributed by atoms with Gasteiger partial charge in [0.25, 0.3) is 10.0 Å². The molecule has 6 rings (SSSR count). The molecule has 3 aromatic heterocycles. The molecule has 284 valence electrons. The Hall–Kier alpha value is -5.04. The van der Waals surface area contributed by atoms with E-state index in [4.69, 9.17) is 9.26 Å².